The zero-order valence-electron chi connectivity index (χ0n) is 10.1. The number of nitro groups is 1. The molecule has 5 heteroatoms. The predicted octanol–water partition coefficient (Wildman–Crippen LogP) is 3.10. The Bertz CT molecular complexity index is 612. The first-order chi connectivity index (χ1) is 8.60. The summed E-state index contributed by atoms with van der Waals surface area (Å²) in [4.78, 5) is 13.6. The first-order valence-corrected chi connectivity index (χ1v) is 6.00. The van der Waals surface area contributed by atoms with Crippen LogP contribution in [0.3, 0.4) is 0 Å². The van der Waals surface area contributed by atoms with Gasteiger partial charge in [-0.2, -0.15) is 0 Å². The summed E-state index contributed by atoms with van der Waals surface area (Å²) in [5, 5.41) is 11.7. The van der Waals surface area contributed by atoms with Gasteiger partial charge >= 0.3 is 0 Å². The van der Waals surface area contributed by atoms with Crippen molar-refractivity contribution >= 4 is 16.6 Å². The second-order valence-electron chi connectivity index (χ2n) is 4.87. The van der Waals surface area contributed by atoms with Crippen LogP contribution in [0.4, 0.5) is 5.69 Å². The van der Waals surface area contributed by atoms with Gasteiger partial charge in [0.15, 0.2) is 0 Å². The van der Waals surface area contributed by atoms with E-state index in [1.807, 2.05) is 13.1 Å². The average Bonchev–Trinajstić information content (AvgIpc) is 2.94. The highest BCUT2D eigenvalue weighted by Gasteiger charge is 2.34. The van der Waals surface area contributed by atoms with Crippen molar-refractivity contribution in [3.05, 3.63) is 40.1 Å². The van der Waals surface area contributed by atoms with Gasteiger partial charge in [-0.25, -0.2) is 0 Å². The standard InChI is InChI=1S/C13H14N2O3/c1-13(5-2-6-18-13)11-8-14-12-4-3-9(15(16)17)7-10(11)12/h3-4,7-8,14H,2,5-6H2,1H3. The normalized spacial score (nSPS) is 23.6. The SMILES string of the molecule is CC1(c2c[nH]c3ccc([N+](=O)[O-])cc23)CCCO1. The Morgan fingerprint density at radius 1 is 1.50 bits per heavy atom. The summed E-state index contributed by atoms with van der Waals surface area (Å²) in [6.07, 6.45) is 3.88. The molecular weight excluding hydrogens is 232 g/mol. The first kappa shape index (κ1) is 11.2. The minimum absolute atomic E-state index is 0.116. The summed E-state index contributed by atoms with van der Waals surface area (Å²) in [7, 11) is 0. The van der Waals surface area contributed by atoms with Crippen LogP contribution < -0.4 is 0 Å². The van der Waals surface area contributed by atoms with Gasteiger partial charge < -0.3 is 9.72 Å². The third-order valence-electron chi connectivity index (χ3n) is 3.66. The van der Waals surface area contributed by atoms with Gasteiger partial charge in [-0.05, 0) is 25.8 Å². The number of rotatable bonds is 2. The quantitative estimate of drug-likeness (QED) is 0.654. The van der Waals surface area contributed by atoms with Crippen molar-refractivity contribution in [2.24, 2.45) is 0 Å². The molecule has 1 aliphatic rings. The van der Waals surface area contributed by atoms with Crippen LogP contribution in [0.15, 0.2) is 24.4 Å². The molecular formula is C13H14N2O3. The van der Waals surface area contributed by atoms with E-state index in [9.17, 15) is 10.1 Å². The molecule has 1 N–H and O–H groups in total. The van der Waals surface area contributed by atoms with Crippen molar-refractivity contribution in [3.8, 4) is 0 Å². The number of H-pyrrole nitrogens is 1. The summed E-state index contributed by atoms with van der Waals surface area (Å²) in [5.74, 6) is 0. The molecule has 0 radical (unpaired) electrons. The number of benzene rings is 1. The maximum absolute atomic E-state index is 10.8. The smallest absolute Gasteiger partial charge is 0.270 e. The molecule has 94 valence electrons. The molecule has 0 amide bonds. The highest BCUT2D eigenvalue weighted by molar-refractivity contribution is 5.86. The lowest BCUT2D eigenvalue weighted by molar-refractivity contribution is -0.384. The third kappa shape index (κ3) is 1.59. The topological polar surface area (TPSA) is 68.2 Å². The van der Waals surface area contributed by atoms with Crippen LogP contribution in [-0.4, -0.2) is 16.5 Å². The molecule has 0 spiro atoms. The Labute approximate surface area is 104 Å². The van der Waals surface area contributed by atoms with Crippen molar-refractivity contribution in [3.63, 3.8) is 0 Å². The molecule has 5 nitrogen and oxygen atoms in total. The zero-order chi connectivity index (χ0) is 12.8. The van der Waals surface area contributed by atoms with Gasteiger partial charge in [0.2, 0.25) is 0 Å². The fraction of sp³-hybridized carbons (Fsp3) is 0.385. The van der Waals surface area contributed by atoms with Crippen molar-refractivity contribution in [2.75, 3.05) is 6.61 Å². The number of hydrogen-bond acceptors (Lipinski definition) is 3. The molecule has 0 saturated carbocycles. The largest absolute Gasteiger partial charge is 0.371 e. The van der Waals surface area contributed by atoms with E-state index in [0.717, 1.165) is 35.9 Å². The fourth-order valence-electron chi connectivity index (χ4n) is 2.65. The van der Waals surface area contributed by atoms with Crippen LogP contribution in [0, 0.1) is 10.1 Å². The second-order valence-corrected chi connectivity index (χ2v) is 4.87. The van der Waals surface area contributed by atoms with Gasteiger partial charge in [-0.3, -0.25) is 10.1 Å². The van der Waals surface area contributed by atoms with Gasteiger partial charge in [0.25, 0.3) is 5.69 Å². The van der Waals surface area contributed by atoms with Gasteiger partial charge in [0.05, 0.1) is 10.5 Å². The minimum atomic E-state index is -0.367. The Kier molecular flexibility index (Phi) is 2.38. The first-order valence-electron chi connectivity index (χ1n) is 6.00. The van der Waals surface area contributed by atoms with E-state index in [4.69, 9.17) is 4.74 Å². The molecule has 2 heterocycles. The van der Waals surface area contributed by atoms with Crippen molar-refractivity contribution in [2.45, 2.75) is 25.4 Å². The molecule has 2 aromatic rings. The van der Waals surface area contributed by atoms with E-state index in [-0.39, 0.29) is 16.2 Å². The molecule has 1 fully saturated rings. The number of aromatic nitrogens is 1. The number of nitro benzene ring substituents is 1. The van der Waals surface area contributed by atoms with Crippen molar-refractivity contribution in [1.82, 2.24) is 4.98 Å². The monoisotopic (exact) mass is 246 g/mol. The predicted molar refractivity (Wildman–Crippen MR) is 67.5 cm³/mol. The fourth-order valence-corrected chi connectivity index (χ4v) is 2.65. The van der Waals surface area contributed by atoms with Crippen LogP contribution in [0.1, 0.15) is 25.3 Å². The second kappa shape index (κ2) is 3.81. The highest BCUT2D eigenvalue weighted by atomic mass is 16.6. The molecule has 0 aliphatic carbocycles. The van der Waals surface area contributed by atoms with E-state index in [1.165, 1.54) is 6.07 Å². The molecule has 1 aromatic carbocycles. The van der Waals surface area contributed by atoms with E-state index in [0.29, 0.717) is 0 Å². The van der Waals surface area contributed by atoms with Gasteiger partial charge in [-0.15, -0.1) is 0 Å². The van der Waals surface area contributed by atoms with Crippen molar-refractivity contribution in [1.29, 1.82) is 0 Å². The van der Waals surface area contributed by atoms with E-state index < -0.39 is 0 Å². The lowest BCUT2D eigenvalue weighted by atomic mass is 9.92. The number of aromatic amines is 1. The molecule has 18 heavy (non-hydrogen) atoms. The van der Waals surface area contributed by atoms with Gasteiger partial charge in [-0.1, -0.05) is 0 Å². The maximum Gasteiger partial charge on any atom is 0.270 e. The van der Waals surface area contributed by atoms with Crippen LogP contribution in [0.5, 0.6) is 0 Å². The van der Waals surface area contributed by atoms with Crippen LogP contribution in [0.25, 0.3) is 10.9 Å². The van der Waals surface area contributed by atoms with E-state index >= 15 is 0 Å². The third-order valence-corrected chi connectivity index (χ3v) is 3.66. The summed E-state index contributed by atoms with van der Waals surface area (Å²) in [5.41, 5.74) is 1.71. The van der Waals surface area contributed by atoms with Gasteiger partial charge in [0.1, 0.15) is 0 Å². The molecule has 1 unspecified atom stereocenters. The van der Waals surface area contributed by atoms with Crippen LogP contribution >= 0.6 is 0 Å². The lowest BCUT2D eigenvalue weighted by Gasteiger charge is -2.22. The number of non-ortho nitro benzene ring substituents is 1. The maximum atomic E-state index is 10.8. The number of nitrogens with zero attached hydrogens (tertiary/aromatic N) is 1. The number of nitrogens with one attached hydrogen (secondary N) is 1. The Morgan fingerprint density at radius 3 is 3.00 bits per heavy atom. The molecule has 3 rings (SSSR count). The molecule has 1 saturated heterocycles. The number of fused-ring (bicyclic) bond motifs is 1. The zero-order valence-corrected chi connectivity index (χ0v) is 10.1. The summed E-state index contributed by atoms with van der Waals surface area (Å²) < 4.78 is 5.80. The van der Waals surface area contributed by atoms with E-state index in [1.54, 1.807) is 12.1 Å². The Balaban J connectivity index is 2.17. The summed E-state index contributed by atoms with van der Waals surface area (Å²) >= 11 is 0. The Hall–Kier alpha value is -1.88. The van der Waals surface area contributed by atoms with Gasteiger partial charge in [0, 0.05) is 41.4 Å². The summed E-state index contributed by atoms with van der Waals surface area (Å²) in [6.45, 7) is 2.79. The van der Waals surface area contributed by atoms with Crippen molar-refractivity contribution < 1.29 is 9.66 Å². The molecule has 1 atom stereocenters. The minimum Gasteiger partial charge on any atom is -0.371 e. The molecule has 1 aliphatic heterocycles. The average molecular weight is 246 g/mol. The van der Waals surface area contributed by atoms with Crippen LogP contribution in [0.2, 0.25) is 0 Å². The van der Waals surface area contributed by atoms with E-state index in [2.05, 4.69) is 4.98 Å². The molecule has 0 bridgehead atoms. The lowest BCUT2D eigenvalue weighted by Crippen LogP contribution is -2.19. The number of ether oxygens (including phenoxy) is 1. The Morgan fingerprint density at radius 2 is 2.33 bits per heavy atom. The summed E-state index contributed by atoms with van der Waals surface area (Å²) in [6, 6.07) is 4.88. The van der Waals surface area contributed by atoms with Crippen LogP contribution in [-0.2, 0) is 10.3 Å². The molecule has 1 aromatic heterocycles. The number of hydrogen-bond donors (Lipinski definition) is 1. The highest BCUT2D eigenvalue weighted by Crippen LogP contribution is 2.39.